The van der Waals surface area contributed by atoms with E-state index >= 15 is 0 Å². The van der Waals surface area contributed by atoms with Gasteiger partial charge in [0.05, 0.1) is 13.5 Å². The first-order valence-corrected chi connectivity index (χ1v) is 10.7. The van der Waals surface area contributed by atoms with Gasteiger partial charge in [0.15, 0.2) is 0 Å². The van der Waals surface area contributed by atoms with Gasteiger partial charge in [0.1, 0.15) is 5.75 Å². The minimum atomic E-state index is 0.0351. The topological polar surface area (TPSA) is 70.1 Å². The highest BCUT2D eigenvalue weighted by atomic mass is 16.5. The Morgan fingerprint density at radius 1 is 1.17 bits per heavy atom. The van der Waals surface area contributed by atoms with E-state index in [1.165, 1.54) is 0 Å². The second-order valence-electron chi connectivity index (χ2n) is 8.75. The van der Waals surface area contributed by atoms with Gasteiger partial charge in [0.25, 0.3) is 0 Å². The van der Waals surface area contributed by atoms with Crippen molar-refractivity contribution in [3.05, 3.63) is 29.8 Å². The van der Waals surface area contributed by atoms with Crippen LogP contribution in [0.2, 0.25) is 0 Å². The van der Waals surface area contributed by atoms with E-state index in [-0.39, 0.29) is 30.3 Å². The Kier molecular flexibility index (Phi) is 7.17. The van der Waals surface area contributed by atoms with Gasteiger partial charge in [0.2, 0.25) is 11.8 Å². The van der Waals surface area contributed by atoms with Crippen LogP contribution < -0.4 is 4.74 Å². The largest absolute Gasteiger partial charge is 0.497 e. The standard InChI is InChI=1S/C23H34N2O4/c1-16(2)23(28)24-9-7-18(8-10-24)21-14-25(13-19(21)15-26)22(27)12-17-5-4-6-20(11-17)29-3/h4-6,11,16,18-19,21,26H,7-10,12-15H2,1-3H3/t19-,21-/m0/s1. The van der Waals surface area contributed by atoms with Gasteiger partial charge in [-0.3, -0.25) is 9.59 Å². The lowest BCUT2D eigenvalue weighted by molar-refractivity contribution is -0.136. The molecule has 2 aliphatic rings. The molecule has 0 spiro atoms. The quantitative estimate of drug-likeness (QED) is 0.792. The number of rotatable bonds is 6. The van der Waals surface area contributed by atoms with Gasteiger partial charge in [0, 0.05) is 44.6 Å². The number of piperidine rings is 1. The number of ether oxygens (including phenoxy) is 1. The minimum Gasteiger partial charge on any atom is -0.497 e. The number of amides is 2. The molecule has 0 saturated carbocycles. The number of benzene rings is 1. The molecule has 2 atom stereocenters. The fourth-order valence-electron chi connectivity index (χ4n) is 4.81. The first-order chi connectivity index (χ1) is 13.9. The van der Waals surface area contributed by atoms with Crippen molar-refractivity contribution >= 4 is 11.8 Å². The first-order valence-electron chi connectivity index (χ1n) is 10.7. The summed E-state index contributed by atoms with van der Waals surface area (Å²) in [6.07, 6.45) is 2.26. The fourth-order valence-corrected chi connectivity index (χ4v) is 4.81. The van der Waals surface area contributed by atoms with Crippen molar-refractivity contribution in [2.24, 2.45) is 23.7 Å². The molecule has 0 bridgehead atoms. The van der Waals surface area contributed by atoms with Crippen molar-refractivity contribution in [3.63, 3.8) is 0 Å². The maximum atomic E-state index is 12.9. The van der Waals surface area contributed by atoms with E-state index in [0.717, 1.165) is 37.2 Å². The normalized spacial score (nSPS) is 22.9. The Labute approximate surface area is 173 Å². The van der Waals surface area contributed by atoms with Crippen LogP contribution in [0.25, 0.3) is 0 Å². The van der Waals surface area contributed by atoms with Crippen LogP contribution in [-0.4, -0.2) is 66.6 Å². The summed E-state index contributed by atoms with van der Waals surface area (Å²) >= 11 is 0. The van der Waals surface area contributed by atoms with Crippen molar-refractivity contribution in [3.8, 4) is 5.75 Å². The number of aliphatic hydroxyl groups excluding tert-OH is 1. The number of aliphatic hydroxyl groups is 1. The molecule has 0 aromatic heterocycles. The lowest BCUT2D eigenvalue weighted by atomic mass is 9.78. The van der Waals surface area contributed by atoms with Crippen molar-refractivity contribution in [1.82, 2.24) is 9.80 Å². The molecule has 0 aliphatic carbocycles. The second-order valence-corrected chi connectivity index (χ2v) is 8.75. The zero-order valence-electron chi connectivity index (χ0n) is 17.8. The monoisotopic (exact) mass is 402 g/mol. The zero-order chi connectivity index (χ0) is 21.0. The molecule has 1 aromatic rings. The van der Waals surface area contributed by atoms with E-state index in [1.807, 2.05) is 47.9 Å². The highest BCUT2D eigenvalue weighted by Crippen LogP contribution is 2.36. The molecule has 6 heteroatoms. The number of methoxy groups -OCH3 is 1. The van der Waals surface area contributed by atoms with Crippen LogP contribution in [-0.2, 0) is 16.0 Å². The van der Waals surface area contributed by atoms with Crippen LogP contribution in [0.15, 0.2) is 24.3 Å². The molecule has 3 rings (SSSR count). The number of likely N-dealkylation sites (tertiary alicyclic amines) is 2. The summed E-state index contributed by atoms with van der Waals surface area (Å²) in [7, 11) is 1.62. The lowest BCUT2D eigenvalue weighted by Crippen LogP contribution is -2.43. The molecule has 160 valence electrons. The maximum Gasteiger partial charge on any atom is 0.227 e. The molecule has 1 aromatic carbocycles. The lowest BCUT2D eigenvalue weighted by Gasteiger charge is -2.37. The summed E-state index contributed by atoms with van der Waals surface area (Å²) < 4.78 is 5.25. The van der Waals surface area contributed by atoms with Crippen LogP contribution in [0.4, 0.5) is 0 Å². The van der Waals surface area contributed by atoms with E-state index in [0.29, 0.717) is 31.3 Å². The third-order valence-corrected chi connectivity index (χ3v) is 6.52. The molecule has 2 saturated heterocycles. The van der Waals surface area contributed by atoms with E-state index in [9.17, 15) is 14.7 Å². The highest BCUT2D eigenvalue weighted by Gasteiger charge is 2.40. The SMILES string of the molecule is COc1cccc(CC(=O)N2C[C@@H](CO)[C@H](C3CCN(C(=O)C(C)C)CC3)C2)c1. The molecule has 2 amide bonds. The van der Waals surface area contributed by atoms with Crippen molar-refractivity contribution in [1.29, 1.82) is 0 Å². The summed E-state index contributed by atoms with van der Waals surface area (Å²) in [6, 6.07) is 7.62. The Morgan fingerprint density at radius 2 is 1.90 bits per heavy atom. The van der Waals surface area contributed by atoms with Crippen molar-refractivity contribution in [2.75, 3.05) is 39.9 Å². The van der Waals surface area contributed by atoms with Gasteiger partial charge in [-0.25, -0.2) is 0 Å². The van der Waals surface area contributed by atoms with Gasteiger partial charge in [-0.2, -0.15) is 0 Å². The predicted octanol–water partition coefficient (Wildman–Crippen LogP) is 2.20. The third kappa shape index (κ3) is 5.10. The molecular weight excluding hydrogens is 368 g/mol. The fraction of sp³-hybridized carbons (Fsp3) is 0.652. The predicted molar refractivity (Wildman–Crippen MR) is 111 cm³/mol. The second kappa shape index (κ2) is 9.61. The molecule has 0 radical (unpaired) electrons. The average molecular weight is 403 g/mol. The molecule has 1 N–H and O–H groups in total. The maximum absolute atomic E-state index is 12.9. The van der Waals surface area contributed by atoms with Crippen LogP contribution >= 0.6 is 0 Å². The average Bonchev–Trinajstić information content (AvgIpc) is 3.18. The van der Waals surface area contributed by atoms with Crippen LogP contribution in [0, 0.1) is 23.7 Å². The van der Waals surface area contributed by atoms with Gasteiger partial charge < -0.3 is 19.6 Å². The molecule has 2 aliphatic heterocycles. The van der Waals surface area contributed by atoms with Gasteiger partial charge in [-0.15, -0.1) is 0 Å². The summed E-state index contributed by atoms with van der Waals surface area (Å²) in [4.78, 5) is 29.0. The summed E-state index contributed by atoms with van der Waals surface area (Å²) in [5.41, 5.74) is 0.943. The first kappa shape index (κ1) is 21.6. The summed E-state index contributed by atoms with van der Waals surface area (Å²) in [5.74, 6) is 2.01. The highest BCUT2D eigenvalue weighted by molar-refractivity contribution is 5.79. The third-order valence-electron chi connectivity index (χ3n) is 6.52. The minimum absolute atomic E-state index is 0.0351. The molecule has 2 heterocycles. The molecule has 6 nitrogen and oxygen atoms in total. The van der Waals surface area contributed by atoms with Gasteiger partial charge in [-0.1, -0.05) is 26.0 Å². The molecule has 2 fully saturated rings. The number of carbonyl (C=O) groups excluding carboxylic acids is 2. The van der Waals surface area contributed by atoms with Crippen LogP contribution in [0.1, 0.15) is 32.3 Å². The molecular formula is C23H34N2O4. The Balaban J connectivity index is 1.58. The van der Waals surface area contributed by atoms with E-state index in [2.05, 4.69) is 0 Å². The van der Waals surface area contributed by atoms with Crippen molar-refractivity contribution < 1.29 is 19.4 Å². The van der Waals surface area contributed by atoms with E-state index < -0.39 is 0 Å². The van der Waals surface area contributed by atoms with E-state index in [4.69, 9.17) is 4.74 Å². The van der Waals surface area contributed by atoms with Gasteiger partial charge in [-0.05, 0) is 42.4 Å². The number of nitrogens with zero attached hydrogens (tertiary/aromatic N) is 2. The van der Waals surface area contributed by atoms with Gasteiger partial charge >= 0.3 is 0 Å². The molecule has 0 unspecified atom stereocenters. The van der Waals surface area contributed by atoms with E-state index in [1.54, 1.807) is 7.11 Å². The van der Waals surface area contributed by atoms with Crippen molar-refractivity contribution in [2.45, 2.75) is 33.1 Å². The number of hydrogen-bond acceptors (Lipinski definition) is 4. The number of hydrogen-bond donors (Lipinski definition) is 1. The van der Waals surface area contributed by atoms with Crippen LogP contribution in [0.5, 0.6) is 5.75 Å². The number of carbonyl (C=O) groups is 2. The Morgan fingerprint density at radius 3 is 2.52 bits per heavy atom. The zero-order valence-corrected chi connectivity index (χ0v) is 17.8. The summed E-state index contributed by atoms with van der Waals surface area (Å²) in [5, 5.41) is 9.92. The van der Waals surface area contributed by atoms with Crippen LogP contribution in [0.3, 0.4) is 0 Å². The Bertz CT molecular complexity index is 713. The summed E-state index contributed by atoms with van der Waals surface area (Å²) in [6.45, 7) is 6.89. The Hall–Kier alpha value is -2.08. The smallest absolute Gasteiger partial charge is 0.227 e. The molecule has 29 heavy (non-hydrogen) atoms.